The van der Waals surface area contributed by atoms with E-state index in [0.717, 1.165) is 48.2 Å². The van der Waals surface area contributed by atoms with E-state index < -0.39 is 0 Å². The molecule has 6 rings (SSSR count). The van der Waals surface area contributed by atoms with Crippen LogP contribution < -0.4 is 16.2 Å². The van der Waals surface area contributed by atoms with Crippen LogP contribution in [0.3, 0.4) is 0 Å². The van der Waals surface area contributed by atoms with Crippen LogP contribution in [0.4, 0.5) is 11.5 Å². The van der Waals surface area contributed by atoms with Crippen molar-refractivity contribution in [1.82, 2.24) is 29.5 Å². The second kappa shape index (κ2) is 9.99. The Labute approximate surface area is 217 Å². The molecule has 1 aliphatic heterocycles. The highest BCUT2D eigenvalue weighted by atomic mass is 16.5. The molecule has 0 unspecified atom stereocenters. The minimum absolute atomic E-state index is 0.304. The highest BCUT2D eigenvalue weighted by molar-refractivity contribution is 5.98. The molecule has 0 spiro atoms. The molecular weight excluding hydrogens is 464 g/mol. The average Bonchev–Trinajstić information content (AvgIpc) is 3.32. The van der Waals surface area contributed by atoms with Gasteiger partial charge in [0.05, 0.1) is 17.1 Å². The zero-order valence-electron chi connectivity index (χ0n) is 21.3. The van der Waals surface area contributed by atoms with Crippen LogP contribution >= 0.6 is 0 Å². The number of nitrogens with two attached hydrogens (primary N) is 2. The van der Waals surface area contributed by atoms with Crippen LogP contribution in [-0.4, -0.2) is 68.8 Å². The van der Waals surface area contributed by atoms with Gasteiger partial charge in [0.25, 0.3) is 0 Å². The lowest BCUT2D eigenvalue weighted by molar-refractivity contribution is 0.0815. The van der Waals surface area contributed by atoms with Crippen molar-refractivity contribution in [2.45, 2.75) is 37.8 Å². The van der Waals surface area contributed by atoms with Crippen LogP contribution in [-0.2, 0) is 0 Å². The van der Waals surface area contributed by atoms with Gasteiger partial charge in [-0.05, 0) is 69.1 Å². The topological polar surface area (TPSA) is 111 Å². The molecule has 4 aromatic rings. The van der Waals surface area contributed by atoms with E-state index in [0.29, 0.717) is 35.1 Å². The maximum Gasteiger partial charge on any atom is 0.164 e. The molecule has 1 saturated heterocycles. The van der Waals surface area contributed by atoms with Gasteiger partial charge in [-0.15, -0.1) is 0 Å². The van der Waals surface area contributed by atoms with Crippen LogP contribution in [0.15, 0.2) is 54.9 Å². The summed E-state index contributed by atoms with van der Waals surface area (Å²) in [5, 5.41) is 5.88. The van der Waals surface area contributed by atoms with Gasteiger partial charge in [0.15, 0.2) is 5.65 Å². The molecule has 2 aliphatic rings. The molecule has 0 bridgehead atoms. The lowest BCUT2D eigenvalue weighted by Gasteiger charge is -2.41. The zero-order valence-corrected chi connectivity index (χ0v) is 21.3. The number of nitrogen functional groups attached to an aromatic ring is 2. The van der Waals surface area contributed by atoms with Crippen LogP contribution in [0.1, 0.15) is 31.7 Å². The molecule has 192 valence electrons. The van der Waals surface area contributed by atoms with Crippen molar-refractivity contribution in [2.24, 2.45) is 0 Å². The molecule has 0 atom stereocenters. The maximum absolute atomic E-state index is 6.36. The van der Waals surface area contributed by atoms with Crippen molar-refractivity contribution in [2.75, 3.05) is 44.7 Å². The van der Waals surface area contributed by atoms with Gasteiger partial charge in [-0.2, -0.15) is 5.10 Å². The number of nitrogens with zero attached hydrogens (tertiary/aromatic N) is 6. The van der Waals surface area contributed by atoms with Gasteiger partial charge in [-0.3, -0.25) is 4.90 Å². The van der Waals surface area contributed by atoms with Crippen LogP contribution in [0, 0.1) is 0 Å². The lowest BCUT2D eigenvalue weighted by atomic mass is 9.90. The van der Waals surface area contributed by atoms with Gasteiger partial charge in [0, 0.05) is 37.8 Å². The van der Waals surface area contributed by atoms with E-state index in [1.807, 2.05) is 48.5 Å². The van der Waals surface area contributed by atoms with Gasteiger partial charge < -0.3 is 21.1 Å². The third kappa shape index (κ3) is 4.72. The number of anilines is 2. The van der Waals surface area contributed by atoms with Gasteiger partial charge in [-0.25, -0.2) is 14.6 Å². The molecule has 0 amide bonds. The maximum atomic E-state index is 6.36. The van der Waals surface area contributed by atoms with Gasteiger partial charge in [-0.1, -0.05) is 12.1 Å². The molecule has 1 aliphatic carbocycles. The van der Waals surface area contributed by atoms with Crippen molar-refractivity contribution in [3.8, 4) is 22.8 Å². The van der Waals surface area contributed by atoms with E-state index in [2.05, 4.69) is 31.5 Å². The van der Waals surface area contributed by atoms with E-state index in [1.54, 1.807) is 0 Å². The first-order chi connectivity index (χ1) is 18.1. The highest BCUT2D eigenvalue weighted by Gasteiger charge is 2.30. The summed E-state index contributed by atoms with van der Waals surface area (Å²) >= 11 is 0. The van der Waals surface area contributed by atoms with Crippen molar-refractivity contribution >= 4 is 22.5 Å². The summed E-state index contributed by atoms with van der Waals surface area (Å²) in [6, 6.07) is 16.3. The van der Waals surface area contributed by atoms with Crippen LogP contribution in [0.25, 0.3) is 22.3 Å². The molecule has 1 saturated carbocycles. The predicted molar refractivity (Wildman–Crippen MR) is 146 cm³/mol. The largest absolute Gasteiger partial charge is 0.455 e. The minimum Gasteiger partial charge on any atom is -0.455 e. The average molecular weight is 499 g/mol. The third-order valence-corrected chi connectivity index (χ3v) is 7.86. The van der Waals surface area contributed by atoms with E-state index in [9.17, 15) is 0 Å². The number of para-hydroxylation sites is 2. The summed E-state index contributed by atoms with van der Waals surface area (Å²) in [6.07, 6.45) is 6.07. The smallest absolute Gasteiger partial charge is 0.164 e. The Morgan fingerprint density at radius 2 is 1.54 bits per heavy atom. The Morgan fingerprint density at radius 1 is 0.838 bits per heavy atom. The first-order valence-electron chi connectivity index (χ1n) is 13.1. The van der Waals surface area contributed by atoms with Crippen LogP contribution in [0.2, 0.25) is 0 Å². The standard InChI is InChI=1S/C28H34N8O/c1-34-14-16-35(17-15-34)20-8-10-21(11-9-20)36-28-25(27(30)31-18-32-28)26(33-36)19-6-12-22(13-7-19)37-24-5-3-2-4-23(24)29/h2-7,12-13,18,20-21H,8-11,14-17,29H2,1H3,(H2,30,31,32)/t20-,21+. The number of hydrogen-bond acceptors (Lipinski definition) is 8. The highest BCUT2D eigenvalue weighted by Crippen LogP contribution is 2.37. The molecule has 2 aromatic heterocycles. The summed E-state index contributed by atoms with van der Waals surface area (Å²) in [6.45, 7) is 4.65. The Hall–Kier alpha value is -3.69. The Morgan fingerprint density at radius 3 is 2.27 bits per heavy atom. The fraction of sp³-hybridized carbons (Fsp3) is 0.393. The number of rotatable bonds is 5. The van der Waals surface area contributed by atoms with Crippen molar-refractivity contribution < 1.29 is 4.74 Å². The van der Waals surface area contributed by atoms with Crippen LogP contribution in [0.5, 0.6) is 11.5 Å². The lowest BCUT2D eigenvalue weighted by Crippen LogP contribution is -2.49. The Balaban J connectivity index is 1.24. The normalized spacial score (nSPS) is 21.3. The quantitative estimate of drug-likeness (QED) is 0.394. The number of piperazine rings is 1. The number of fused-ring (bicyclic) bond motifs is 1. The fourth-order valence-corrected chi connectivity index (χ4v) is 5.69. The molecule has 0 radical (unpaired) electrons. The third-order valence-electron chi connectivity index (χ3n) is 7.86. The van der Waals surface area contributed by atoms with Crippen molar-refractivity contribution in [3.05, 3.63) is 54.9 Å². The number of likely N-dealkylation sites (N-methyl/N-ethyl adjacent to an activating group) is 1. The summed E-state index contributed by atoms with van der Waals surface area (Å²) < 4.78 is 8.07. The summed E-state index contributed by atoms with van der Waals surface area (Å²) in [5.41, 5.74) is 15.6. The fourth-order valence-electron chi connectivity index (χ4n) is 5.69. The van der Waals surface area contributed by atoms with Crippen molar-refractivity contribution in [1.29, 1.82) is 0 Å². The Bertz CT molecular complexity index is 1370. The molecule has 9 nitrogen and oxygen atoms in total. The zero-order chi connectivity index (χ0) is 25.4. The van der Waals surface area contributed by atoms with Gasteiger partial charge >= 0.3 is 0 Å². The second-order valence-electron chi connectivity index (χ2n) is 10.2. The van der Waals surface area contributed by atoms with E-state index >= 15 is 0 Å². The number of benzene rings is 2. The molecule has 9 heteroatoms. The van der Waals surface area contributed by atoms with Crippen molar-refractivity contribution in [3.63, 3.8) is 0 Å². The summed E-state index contributed by atoms with van der Waals surface area (Å²) in [4.78, 5) is 14.0. The summed E-state index contributed by atoms with van der Waals surface area (Å²) in [7, 11) is 2.21. The first kappa shape index (κ1) is 23.7. The SMILES string of the molecule is CN1CCN([C@H]2CC[C@@H](n3nc(-c4ccc(Oc5ccccc5N)cc4)c4c(N)ncnc43)CC2)CC1. The monoisotopic (exact) mass is 498 g/mol. The number of hydrogen-bond donors (Lipinski definition) is 2. The van der Waals surface area contributed by atoms with Gasteiger partial charge in [0.2, 0.25) is 0 Å². The predicted octanol–water partition coefficient (Wildman–Crippen LogP) is 4.18. The molecular formula is C28H34N8O. The molecule has 4 N–H and O–H groups in total. The Kier molecular flexibility index (Phi) is 6.40. The van der Waals surface area contributed by atoms with E-state index in [1.165, 1.54) is 32.3 Å². The number of aromatic nitrogens is 4. The first-order valence-corrected chi connectivity index (χ1v) is 13.1. The molecule has 37 heavy (non-hydrogen) atoms. The number of ether oxygens (including phenoxy) is 1. The second-order valence-corrected chi connectivity index (χ2v) is 10.2. The molecule has 2 aromatic carbocycles. The van der Waals surface area contributed by atoms with E-state index in [4.69, 9.17) is 21.3 Å². The summed E-state index contributed by atoms with van der Waals surface area (Å²) in [5.74, 6) is 1.79. The molecule has 2 fully saturated rings. The van der Waals surface area contributed by atoms with Gasteiger partial charge in [0.1, 0.15) is 29.3 Å². The minimum atomic E-state index is 0.304. The molecule has 3 heterocycles. The van der Waals surface area contributed by atoms with E-state index in [-0.39, 0.29) is 0 Å².